The van der Waals surface area contributed by atoms with Crippen molar-refractivity contribution >= 4 is 42.8 Å². The van der Waals surface area contributed by atoms with Gasteiger partial charge in [0.05, 0.1) is 5.52 Å². The van der Waals surface area contributed by atoms with E-state index in [9.17, 15) is 0 Å². The van der Waals surface area contributed by atoms with Crippen LogP contribution in [0, 0.1) is 11.8 Å². The quantitative estimate of drug-likeness (QED) is 0.282. The Balaban J connectivity index is 1.92. The average molecular weight is 463 g/mol. The molecule has 4 rings (SSSR count). The first-order valence-electron chi connectivity index (χ1n) is 8.12. The van der Waals surface area contributed by atoms with Crippen molar-refractivity contribution in [2.75, 3.05) is 0 Å². The summed E-state index contributed by atoms with van der Waals surface area (Å²) in [5, 5.41) is 1.07. The van der Waals surface area contributed by atoms with E-state index < -0.39 is 0 Å². The van der Waals surface area contributed by atoms with E-state index >= 15 is 0 Å². The lowest BCUT2D eigenvalue weighted by Crippen LogP contribution is -1.89. The highest BCUT2D eigenvalue weighted by molar-refractivity contribution is 9.11. The zero-order chi connectivity index (χ0) is 17.9. The Morgan fingerprint density at radius 2 is 1.35 bits per heavy atom. The number of nitrogens with zero attached hydrogens (tertiary/aromatic N) is 1. The van der Waals surface area contributed by atoms with E-state index in [0.717, 1.165) is 42.1 Å². The Morgan fingerprint density at radius 3 is 2.08 bits per heavy atom. The Hall–Kier alpha value is -2.41. The van der Waals surface area contributed by atoms with Gasteiger partial charge in [-0.15, -0.1) is 0 Å². The number of rotatable bonds is 1. The first kappa shape index (κ1) is 17.0. The minimum Gasteiger partial charge on any atom is -0.254 e. The molecule has 0 aliphatic carbocycles. The predicted octanol–water partition coefficient (Wildman–Crippen LogP) is 6.83. The number of hydrogen-bond donors (Lipinski definition) is 0. The van der Waals surface area contributed by atoms with Crippen LogP contribution in [0.25, 0.3) is 22.0 Å². The van der Waals surface area contributed by atoms with Gasteiger partial charge < -0.3 is 0 Å². The lowest BCUT2D eigenvalue weighted by atomic mass is 10.00. The molecule has 124 valence electrons. The number of halogens is 2. The highest BCUT2D eigenvalue weighted by Crippen LogP contribution is 2.37. The van der Waals surface area contributed by atoms with E-state index in [2.05, 4.69) is 66.9 Å². The van der Waals surface area contributed by atoms with Gasteiger partial charge >= 0.3 is 0 Å². The number of aromatic nitrogens is 1. The van der Waals surface area contributed by atoms with Crippen LogP contribution in [-0.4, -0.2) is 4.98 Å². The van der Waals surface area contributed by atoms with Gasteiger partial charge in [0, 0.05) is 37.2 Å². The van der Waals surface area contributed by atoms with Crippen molar-refractivity contribution in [3.63, 3.8) is 0 Å². The summed E-state index contributed by atoms with van der Waals surface area (Å²) in [5.74, 6) is 6.49. The van der Waals surface area contributed by atoms with Crippen LogP contribution in [-0.2, 0) is 0 Å². The summed E-state index contributed by atoms with van der Waals surface area (Å²) in [6.07, 6.45) is 1.85. The van der Waals surface area contributed by atoms with E-state index in [1.165, 1.54) is 0 Å². The van der Waals surface area contributed by atoms with Crippen LogP contribution in [0.4, 0.5) is 0 Å². The van der Waals surface area contributed by atoms with Crippen molar-refractivity contribution in [2.24, 2.45) is 0 Å². The topological polar surface area (TPSA) is 12.9 Å². The van der Waals surface area contributed by atoms with Crippen LogP contribution in [0.15, 0.2) is 87.9 Å². The third kappa shape index (κ3) is 3.44. The molecule has 1 heterocycles. The van der Waals surface area contributed by atoms with Crippen LogP contribution < -0.4 is 0 Å². The molecule has 4 aromatic rings. The molecule has 0 aliphatic heterocycles. The van der Waals surface area contributed by atoms with Gasteiger partial charge in [-0.2, -0.15) is 0 Å². The normalized spacial score (nSPS) is 10.4. The molecule has 0 N–H and O–H groups in total. The van der Waals surface area contributed by atoms with Crippen LogP contribution >= 0.6 is 31.9 Å². The monoisotopic (exact) mass is 461 g/mol. The van der Waals surface area contributed by atoms with E-state index in [0.29, 0.717) is 0 Å². The van der Waals surface area contributed by atoms with Crippen molar-refractivity contribution in [3.05, 3.63) is 99.1 Å². The van der Waals surface area contributed by atoms with Gasteiger partial charge in [0.2, 0.25) is 0 Å². The van der Waals surface area contributed by atoms with E-state index in [4.69, 9.17) is 0 Å². The van der Waals surface area contributed by atoms with Gasteiger partial charge in [-0.25, -0.2) is 0 Å². The molecule has 0 aliphatic rings. The molecule has 0 amide bonds. The summed E-state index contributed by atoms with van der Waals surface area (Å²) in [5.41, 5.74) is 5.15. The molecule has 0 fully saturated rings. The van der Waals surface area contributed by atoms with Gasteiger partial charge in [-0.3, -0.25) is 4.98 Å². The molecule has 26 heavy (non-hydrogen) atoms. The van der Waals surface area contributed by atoms with E-state index in [-0.39, 0.29) is 0 Å². The Morgan fingerprint density at radius 1 is 0.692 bits per heavy atom. The fourth-order valence-corrected chi connectivity index (χ4v) is 3.98. The highest BCUT2D eigenvalue weighted by Gasteiger charge is 2.12. The van der Waals surface area contributed by atoms with Crippen LogP contribution in [0.1, 0.15) is 11.1 Å². The predicted molar refractivity (Wildman–Crippen MR) is 115 cm³/mol. The van der Waals surface area contributed by atoms with Gasteiger partial charge in [0.1, 0.15) is 0 Å². The molecule has 0 saturated heterocycles. The third-order valence-electron chi connectivity index (χ3n) is 4.07. The zero-order valence-corrected chi connectivity index (χ0v) is 16.9. The van der Waals surface area contributed by atoms with Crippen molar-refractivity contribution in [3.8, 4) is 23.0 Å². The number of fused-ring (bicyclic) bond motifs is 1. The second-order valence-corrected chi connectivity index (χ2v) is 7.53. The first-order valence-corrected chi connectivity index (χ1v) is 9.71. The summed E-state index contributed by atoms with van der Waals surface area (Å²) in [6.45, 7) is 0. The molecule has 0 saturated carbocycles. The molecular formula is C23H13Br2N. The molecule has 3 heteroatoms. The summed E-state index contributed by atoms with van der Waals surface area (Å²) in [7, 11) is 0. The molecule has 3 aromatic carbocycles. The summed E-state index contributed by atoms with van der Waals surface area (Å²) in [6, 6.07) is 24.5. The molecule has 1 nitrogen and oxygen atoms in total. The summed E-state index contributed by atoms with van der Waals surface area (Å²) >= 11 is 7.32. The molecule has 0 atom stereocenters. The van der Waals surface area contributed by atoms with Crippen molar-refractivity contribution in [1.82, 2.24) is 4.98 Å². The first-order chi connectivity index (χ1) is 12.7. The second kappa shape index (κ2) is 7.45. The maximum Gasteiger partial charge on any atom is 0.0851 e. The Kier molecular flexibility index (Phi) is 4.88. The van der Waals surface area contributed by atoms with Crippen LogP contribution in [0.2, 0.25) is 0 Å². The van der Waals surface area contributed by atoms with Crippen molar-refractivity contribution in [1.29, 1.82) is 0 Å². The van der Waals surface area contributed by atoms with Crippen LogP contribution in [0.5, 0.6) is 0 Å². The molecule has 0 radical (unpaired) electrons. The molecular weight excluding hydrogens is 450 g/mol. The maximum absolute atomic E-state index is 4.58. The fraction of sp³-hybridized carbons (Fsp3) is 0. The standard InChI is InChI=1S/C23H13Br2N/c24-20-14-17(12-11-16-7-3-1-4-8-16)13-19-22(18-9-5-2-6-10-18)21(25)15-26-23(19)20/h1-10,13-15H. The van der Waals surface area contributed by atoms with Crippen molar-refractivity contribution < 1.29 is 0 Å². The van der Waals surface area contributed by atoms with E-state index in [1.54, 1.807) is 0 Å². The summed E-state index contributed by atoms with van der Waals surface area (Å²) < 4.78 is 1.91. The molecule has 0 unspecified atom stereocenters. The molecule has 0 spiro atoms. The molecule has 1 aromatic heterocycles. The second-order valence-electron chi connectivity index (χ2n) is 5.82. The lowest BCUT2D eigenvalue weighted by molar-refractivity contribution is 1.37. The number of pyridine rings is 1. The van der Waals surface area contributed by atoms with E-state index in [1.807, 2.05) is 60.8 Å². The van der Waals surface area contributed by atoms with Crippen molar-refractivity contribution in [2.45, 2.75) is 0 Å². The fourth-order valence-electron chi connectivity index (χ4n) is 2.87. The largest absolute Gasteiger partial charge is 0.254 e. The van der Waals surface area contributed by atoms with Crippen LogP contribution in [0.3, 0.4) is 0 Å². The number of benzene rings is 3. The minimum absolute atomic E-state index is 0.928. The summed E-state index contributed by atoms with van der Waals surface area (Å²) in [4.78, 5) is 4.58. The van der Waals surface area contributed by atoms with Gasteiger partial charge in [-0.05, 0) is 61.7 Å². The molecule has 0 bridgehead atoms. The maximum atomic E-state index is 4.58. The zero-order valence-electron chi connectivity index (χ0n) is 13.7. The minimum atomic E-state index is 0.928. The highest BCUT2D eigenvalue weighted by atomic mass is 79.9. The number of hydrogen-bond acceptors (Lipinski definition) is 1. The average Bonchev–Trinajstić information content (AvgIpc) is 2.67. The SMILES string of the molecule is Brc1cnc2c(Br)cc(C#Cc3ccccc3)cc2c1-c1ccccc1. The third-order valence-corrected chi connectivity index (χ3v) is 5.27. The lowest BCUT2D eigenvalue weighted by Gasteiger charge is -2.11. The smallest absolute Gasteiger partial charge is 0.0851 e. The van der Waals surface area contributed by atoms with Gasteiger partial charge in [-0.1, -0.05) is 60.4 Å². The Labute approximate surface area is 169 Å². The Bertz CT molecular complexity index is 1140. The van der Waals surface area contributed by atoms with Gasteiger partial charge in [0.25, 0.3) is 0 Å². The van der Waals surface area contributed by atoms with Gasteiger partial charge in [0.15, 0.2) is 0 Å².